The zero-order valence-electron chi connectivity index (χ0n) is 14.6. The van der Waals surface area contributed by atoms with Crippen LogP contribution in [-0.4, -0.2) is 33.5 Å². The molecule has 134 valence electrons. The molecule has 8 heteroatoms. The van der Waals surface area contributed by atoms with Crippen molar-refractivity contribution in [2.24, 2.45) is 7.05 Å². The van der Waals surface area contributed by atoms with Crippen LogP contribution in [0.3, 0.4) is 0 Å². The number of nitrogens with one attached hydrogen (secondary N) is 2. The average Bonchev–Trinajstić information content (AvgIpc) is 2.90. The van der Waals surface area contributed by atoms with Crippen molar-refractivity contribution in [3.8, 4) is 5.75 Å². The molecular formula is C18H18N4O3S. The number of aromatic nitrogens is 3. The number of anilines is 1. The third-order valence-electron chi connectivity index (χ3n) is 4.64. The van der Waals surface area contributed by atoms with Crippen LogP contribution in [0.5, 0.6) is 5.75 Å². The number of hydrogen-bond donors (Lipinski definition) is 2. The van der Waals surface area contributed by atoms with Crippen molar-refractivity contribution in [3.63, 3.8) is 0 Å². The molecule has 0 spiro atoms. The van der Waals surface area contributed by atoms with Crippen molar-refractivity contribution < 1.29 is 9.53 Å². The summed E-state index contributed by atoms with van der Waals surface area (Å²) in [4.78, 5) is 25.1. The fourth-order valence-corrected chi connectivity index (χ4v) is 4.49. The Morgan fingerprint density at radius 3 is 2.88 bits per heavy atom. The average molecular weight is 370 g/mol. The van der Waals surface area contributed by atoms with Crippen LogP contribution in [0, 0.1) is 6.92 Å². The number of aromatic amines is 1. The van der Waals surface area contributed by atoms with Gasteiger partial charge in [-0.2, -0.15) is 5.10 Å². The van der Waals surface area contributed by atoms with Gasteiger partial charge >= 0.3 is 0 Å². The van der Waals surface area contributed by atoms with Crippen LogP contribution in [-0.2, 0) is 11.8 Å². The second-order valence-corrected chi connectivity index (χ2v) is 7.33. The summed E-state index contributed by atoms with van der Waals surface area (Å²) in [6, 6.07) is 7.56. The summed E-state index contributed by atoms with van der Waals surface area (Å²) < 4.78 is 6.89. The minimum atomic E-state index is -0.270. The molecule has 0 saturated carbocycles. The zero-order chi connectivity index (χ0) is 18.4. The number of hydrogen-bond acceptors (Lipinski definition) is 5. The van der Waals surface area contributed by atoms with Crippen LogP contribution >= 0.6 is 11.8 Å². The summed E-state index contributed by atoms with van der Waals surface area (Å²) in [7, 11) is 3.35. The number of ether oxygens (including phenoxy) is 1. The third-order valence-corrected chi connectivity index (χ3v) is 5.89. The maximum atomic E-state index is 13.1. The van der Waals surface area contributed by atoms with Crippen molar-refractivity contribution in [3.05, 3.63) is 51.4 Å². The van der Waals surface area contributed by atoms with Crippen molar-refractivity contribution in [2.45, 2.75) is 12.2 Å². The second kappa shape index (κ2) is 6.21. The van der Waals surface area contributed by atoms with E-state index in [1.807, 2.05) is 31.2 Å². The Balaban J connectivity index is 1.94. The van der Waals surface area contributed by atoms with Gasteiger partial charge in [0.1, 0.15) is 5.75 Å². The zero-order valence-corrected chi connectivity index (χ0v) is 15.4. The largest absolute Gasteiger partial charge is 0.497 e. The SMILES string of the molecule is COc1ccc2cc([C@@H]3SCC(=O)Nc4n[nH]c(C)c43)c(=O)n(C)c2c1. The summed E-state index contributed by atoms with van der Waals surface area (Å²) in [5.41, 5.74) is 3.04. The van der Waals surface area contributed by atoms with E-state index in [1.165, 1.54) is 11.8 Å². The molecule has 3 aromatic rings. The number of carbonyl (C=O) groups is 1. The van der Waals surface area contributed by atoms with Crippen LogP contribution in [0.2, 0.25) is 0 Å². The number of methoxy groups -OCH3 is 1. The molecule has 0 saturated heterocycles. The lowest BCUT2D eigenvalue weighted by atomic mass is 10.0. The maximum absolute atomic E-state index is 13.1. The van der Waals surface area contributed by atoms with Crippen molar-refractivity contribution in [1.82, 2.24) is 14.8 Å². The van der Waals surface area contributed by atoms with Gasteiger partial charge in [0.15, 0.2) is 5.82 Å². The molecule has 1 amide bonds. The van der Waals surface area contributed by atoms with Gasteiger partial charge in [0, 0.05) is 29.9 Å². The molecule has 0 bridgehead atoms. The molecule has 0 unspecified atom stereocenters. The van der Waals surface area contributed by atoms with Gasteiger partial charge in [-0.1, -0.05) is 0 Å². The fraction of sp³-hybridized carbons (Fsp3) is 0.278. The molecule has 1 aliphatic heterocycles. The van der Waals surface area contributed by atoms with Crippen molar-refractivity contribution in [1.29, 1.82) is 0 Å². The number of carbonyl (C=O) groups excluding carboxylic acids is 1. The smallest absolute Gasteiger partial charge is 0.255 e. The predicted molar refractivity (Wildman–Crippen MR) is 102 cm³/mol. The second-order valence-electron chi connectivity index (χ2n) is 6.24. The van der Waals surface area contributed by atoms with Gasteiger partial charge in [0.2, 0.25) is 5.91 Å². The Kier molecular flexibility index (Phi) is 3.99. The summed E-state index contributed by atoms with van der Waals surface area (Å²) >= 11 is 1.44. The Morgan fingerprint density at radius 2 is 2.12 bits per heavy atom. The van der Waals surface area contributed by atoms with Gasteiger partial charge in [-0.05, 0) is 30.5 Å². The topological polar surface area (TPSA) is 89.0 Å². The highest BCUT2D eigenvalue weighted by atomic mass is 32.2. The number of rotatable bonds is 2. The van der Waals surface area contributed by atoms with Gasteiger partial charge < -0.3 is 14.6 Å². The number of amides is 1. The molecule has 2 aromatic heterocycles. The minimum absolute atomic E-state index is 0.0934. The normalized spacial score (nSPS) is 16.9. The van der Waals surface area contributed by atoms with Gasteiger partial charge in [-0.3, -0.25) is 14.7 Å². The van der Waals surface area contributed by atoms with E-state index in [1.54, 1.807) is 18.7 Å². The van der Waals surface area contributed by atoms with Gasteiger partial charge in [-0.15, -0.1) is 11.8 Å². The first-order valence-electron chi connectivity index (χ1n) is 8.13. The van der Waals surface area contributed by atoms with Gasteiger partial charge in [0.25, 0.3) is 5.56 Å². The molecule has 4 rings (SSSR count). The first-order chi connectivity index (χ1) is 12.5. The number of H-pyrrole nitrogens is 1. The van der Waals surface area contributed by atoms with E-state index in [2.05, 4.69) is 15.5 Å². The highest BCUT2D eigenvalue weighted by molar-refractivity contribution is 8.00. The minimum Gasteiger partial charge on any atom is -0.497 e. The fourth-order valence-electron chi connectivity index (χ4n) is 3.29. The molecule has 1 aromatic carbocycles. The predicted octanol–water partition coefficient (Wildman–Crippen LogP) is 2.35. The number of benzene rings is 1. The summed E-state index contributed by atoms with van der Waals surface area (Å²) in [6.45, 7) is 1.90. The highest BCUT2D eigenvalue weighted by Gasteiger charge is 2.30. The number of aryl methyl sites for hydroxylation is 2. The van der Waals surface area contributed by atoms with E-state index in [0.717, 1.165) is 22.2 Å². The summed E-state index contributed by atoms with van der Waals surface area (Å²) in [5.74, 6) is 1.35. The van der Waals surface area contributed by atoms with E-state index in [9.17, 15) is 9.59 Å². The molecule has 2 N–H and O–H groups in total. The van der Waals surface area contributed by atoms with Crippen LogP contribution < -0.4 is 15.6 Å². The van der Waals surface area contributed by atoms with Crippen molar-refractivity contribution >= 4 is 34.4 Å². The molecule has 7 nitrogen and oxygen atoms in total. The van der Waals surface area contributed by atoms with Crippen LogP contribution in [0.25, 0.3) is 10.9 Å². The monoisotopic (exact) mass is 370 g/mol. The van der Waals surface area contributed by atoms with Crippen molar-refractivity contribution in [2.75, 3.05) is 18.2 Å². The number of fused-ring (bicyclic) bond motifs is 2. The molecular weight excluding hydrogens is 352 g/mol. The maximum Gasteiger partial charge on any atom is 0.255 e. The lowest BCUT2D eigenvalue weighted by Crippen LogP contribution is -2.23. The molecule has 3 heterocycles. The third kappa shape index (κ3) is 2.57. The van der Waals surface area contributed by atoms with E-state index >= 15 is 0 Å². The Hall–Kier alpha value is -2.74. The first-order valence-corrected chi connectivity index (χ1v) is 9.18. The van der Waals surface area contributed by atoms with Gasteiger partial charge in [0.05, 0.1) is 23.6 Å². The Bertz CT molecular complexity index is 1090. The van der Waals surface area contributed by atoms with Crippen LogP contribution in [0.4, 0.5) is 5.82 Å². The summed E-state index contributed by atoms with van der Waals surface area (Å²) in [5, 5.41) is 10.6. The molecule has 0 aliphatic carbocycles. The van der Waals surface area contributed by atoms with Crippen LogP contribution in [0.15, 0.2) is 29.1 Å². The highest BCUT2D eigenvalue weighted by Crippen LogP contribution is 2.41. The Labute approximate surface area is 153 Å². The Morgan fingerprint density at radius 1 is 1.31 bits per heavy atom. The molecule has 0 radical (unpaired) electrons. The standard InChI is InChI=1S/C18H18N4O3S/c1-9-15-16(26-8-14(23)19-17(15)21-20-9)12-6-10-4-5-11(25-3)7-13(10)22(2)18(12)24/h4-7,16H,8H2,1-3H3,(H2,19,20,21,23)/t16-/m0/s1. The summed E-state index contributed by atoms with van der Waals surface area (Å²) in [6.07, 6.45) is 0. The molecule has 1 atom stereocenters. The van der Waals surface area contributed by atoms with E-state index in [0.29, 0.717) is 17.1 Å². The molecule has 26 heavy (non-hydrogen) atoms. The van der Waals surface area contributed by atoms with Crippen LogP contribution in [0.1, 0.15) is 22.1 Å². The van der Waals surface area contributed by atoms with E-state index in [-0.39, 0.29) is 22.5 Å². The number of pyridine rings is 1. The number of nitrogens with zero attached hydrogens (tertiary/aromatic N) is 2. The lowest BCUT2D eigenvalue weighted by molar-refractivity contribution is -0.113. The molecule has 0 fully saturated rings. The van der Waals surface area contributed by atoms with Gasteiger partial charge in [-0.25, -0.2) is 0 Å². The quantitative estimate of drug-likeness (QED) is 0.723. The first kappa shape index (κ1) is 16.7. The van der Waals surface area contributed by atoms with E-state index < -0.39 is 0 Å². The van der Waals surface area contributed by atoms with E-state index in [4.69, 9.17) is 4.74 Å². The number of thioether (sulfide) groups is 1. The molecule has 1 aliphatic rings. The lowest BCUT2D eigenvalue weighted by Gasteiger charge is -2.17.